The van der Waals surface area contributed by atoms with E-state index in [9.17, 15) is 9.90 Å². The van der Waals surface area contributed by atoms with Crippen LogP contribution in [0.4, 0.5) is 0 Å². The van der Waals surface area contributed by atoms with Gasteiger partial charge in [0.15, 0.2) is 11.5 Å². The zero-order valence-corrected chi connectivity index (χ0v) is 12.9. The summed E-state index contributed by atoms with van der Waals surface area (Å²) in [5.41, 5.74) is 1.83. The average molecular weight is 336 g/mol. The number of benzene rings is 1. The highest BCUT2D eigenvalue weighted by atomic mass is 35.5. The topological polar surface area (TPSA) is 76.8 Å². The van der Waals surface area contributed by atoms with Crippen molar-refractivity contribution in [2.24, 2.45) is 0 Å². The van der Waals surface area contributed by atoms with Crippen molar-refractivity contribution in [2.75, 3.05) is 13.3 Å². The smallest absolute Gasteiger partial charge is 0.339 e. The van der Waals surface area contributed by atoms with Crippen LogP contribution >= 0.6 is 11.6 Å². The number of aromatic carboxylic acids is 1. The van der Waals surface area contributed by atoms with Crippen molar-refractivity contribution >= 4 is 17.6 Å². The minimum absolute atomic E-state index is 0.193. The molecule has 4 rings (SSSR count). The molecule has 23 heavy (non-hydrogen) atoms. The minimum atomic E-state index is -0.955. The molecular weight excluding hydrogens is 322 g/mol. The van der Waals surface area contributed by atoms with Crippen LogP contribution in [0.15, 0.2) is 18.3 Å². The van der Waals surface area contributed by atoms with Crippen LogP contribution in [0, 0.1) is 0 Å². The molecule has 7 nitrogen and oxygen atoms in total. The molecule has 1 aromatic carbocycles. The van der Waals surface area contributed by atoms with Crippen molar-refractivity contribution in [2.45, 2.75) is 19.6 Å². The van der Waals surface area contributed by atoms with Gasteiger partial charge in [-0.2, -0.15) is 5.10 Å². The van der Waals surface area contributed by atoms with Gasteiger partial charge in [-0.1, -0.05) is 11.6 Å². The number of rotatable bonds is 3. The molecule has 0 bridgehead atoms. The van der Waals surface area contributed by atoms with E-state index in [1.165, 1.54) is 6.20 Å². The summed E-state index contributed by atoms with van der Waals surface area (Å²) in [4.78, 5) is 13.4. The average Bonchev–Trinajstić information content (AvgIpc) is 3.16. The summed E-state index contributed by atoms with van der Waals surface area (Å²) in [5, 5.41) is 14.0. The predicted octanol–water partition coefficient (Wildman–Crippen LogP) is 1.98. The summed E-state index contributed by atoms with van der Waals surface area (Å²) in [6, 6.07) is 3.59. The number of hydrogen-bond donors (Lipinski definition) is 1. The number of carbonyl (C=O) groups is 1. The largest absolute Gasteiger partial charge is 0.478 e. The van der Waals surface area contributed by atoms with Crippen LogP contribution in [0.1, 0.15) is 21.6 Å². The Bertz CT molecular complexity index is 789. The standard InChI is InChI=1S/C15H14ClN3O4/c16-11-1-2-13-14(23-8-22-13)10(11)6-18-3-4-19-12(7-18)9(5-17-19)15(20)21/h1-2,5H,3-4,6-8H2,(H,20,21). The maximum atomic E-state index is 11.3. The molecule has 0 radical (unpaired) electrons. The Morgan fingerprint density at radius 3 is 3.04 bits per heavy atom. The van der Waals surface area contributed by atoms with E-state index in [4.69, 9.17) is 21.1 Å². The number of fused-ring (bicyclic) bond motifs is 2. The summed E-state index contributed by atoms with van der Waals surface area (Å²) < 4.78 is 12.7. The van der Waals surface area contributed by atoms with Gasteiger partial charge in [-0.15, -0.1) is 0 Å². The normalized spacial score (nSPS) is 16.4. The number of nitrogens with zero attached hydrogens (tertiary/aromatic N) is 3. The third kappa shape index (κ3) is 2.42. The van der Waals surface area contributed by atoms with Gasteiger partial charge in [-0.05, 0) is 12.1 Å². The Kier molecular flexibility index (Phi) is 3.39. The van der Waals surface area contributed by atoms with Crippen LogP contribution in [0.2, 0.25) is 5.02 Å². The quantitative estimate of drug-likeness (QED) is 0.924. The Morgan fingerprint density at radius 1 is 1.35 bits per heavy atom. The highest BCUT2D eigenvalue weighted by molar-refractivity contribution is 6.31. The zero-order chi connectivity index (χ0) is 16.0. The van der Waals surface area contributed by atoms with Gasteiger partial charge in [-0.25, -0.2) is 4.79 Å². The molecule has 0 saturated carbocycles. The number of hydrogen-bond acceptors (Lipinski definition) is 5. The molecule has 1 aromatic heterocycles. The lowest BCUT2D eigenvalue weighted by Crippen LogP contribution is -2.34. The van der Waals surface area contributed by atoms with Gasteiger partial charge in [0.05, 0.1) is 18.4 Å². The predicted molar refractivity (Wildman–Crippen MR) is 80.9 cm³/mol. The summed E-state index contributed by atoms with van der Waals surface area (Å²) in [6.07, 6.45) is 1.41. The van der Waals surface area contributed by atoms with Gasteiger partial charge >= 0.3 is 5.97 Å². The van der Waals surface area contributed by atoms with E-state index in [1.807, 2.05) is 0 Å². The minimum Gasteiger partial charge on any atom is -0.478 e. The Balaban J connectivity index is 1.61. The fourth-order valence-corrected chi connectivity index (χ4v) is 3.20. The number of halogens is 1. The van der Waals surface area contributed by atoms with E-state index in [1.54, 1.807) is 16.8 Å². The number of aromatic nitrogens is 2. The molecule has 0 amide bonds. The van der Waals surface area contributed by atoms with Crippen molar-refractivity contribution in [3.05, 3.63) is 40.2 Å². The van der Waals surface area contributed by atoms with Crippen molar-refractivity contribution in [1.82, 2.24) is 14.7 Å². The fraction of sp³-hybridized carbons (Fsp3) is 0.333. The lowest BCUT2D eigenvalue weighted by Gasteiger charge is -2.28. The zero-order valence-electron chi connectivity index (χ0n) is 12.2. The van der Waals surface area contributed by atoms with Crippen LogP contribution in [0.25, 0.3) is 0 Å². The first-order valence-electron chi connectivity index (χ1n) is 7.21. The summed E-state index contributed by atoms with van der Waals surface area (Å²) in [5.74, 6) is 0.413. The lowest BCUT2D eigenvalue weighted by molar-refractivity contribution is 0.0692. The molecule has 0 aliphatic carbocycles. The first-order valence-corrected chi connectivity index (χ1v) is 7.58. The van der Waals surface area contributed by atoms with E-state index >= 15 is 0 Å². The first kappa shape index (κ1) is 14.3. The van der Waals surface area contributed by atoms with Gasteiger partial charge in [-0.3, -0.25) is 9.58 Å². The Labute approximate surface area is 137 Å². The van der Waals surface area contributed by atoms with E-state index in [0.29, 0.717) is 41.8 Å². The number of carboxylic acids is 1. The molecule has 3 heterocycles. The second kappa shape index (κ2) is 5.43. The molecule has 0 unspecified atom stereocenters. The third-order valence-electron chi connectivity index (χ3n) is 4.15. The van der Waals surface area contributed by atoms with Crippen LogP contribution in [0.5, 0.6) is 11.5 Å². The van der Waals surface area contributed by atoms with Gasteiger partial charge in [0, 0.05) is 30.2 Å². The van der Waals surface area contributed by atoms with Gasteiger partial charge in [0.25, 0.3) is 0 Å². The van der Waals surface area contributed by atoms with Crippen LogP contribution in [-0.4, -0.2) is 39.1 Å². The van der Waals surface area contributed by atoms with Crippen LogP contribution < -0.4 is 9.47 Å². The Hall–Kier alpha value is -2.25. The van der Waals surface area contributed by atoms with Crippen molar-refractivity contribution in [3.8, 4) is 11.5 Å². The number of ether oxygens (including phenoxy) is 2. The van der Waals surface area contributed by atoms with Gasteiger partial charge in [0.2, 0.25) is 6.79 Å². The highest BCUT2D eigenvalue weighted by Gasteiger charge is 2.26. The molecule has 0 fully saturated rings. The van der Waals surface area contributed by atoms with E-state index in [2.05, 4.69) is 10.00 Å². The van der Waals surface area contributed by atoms with Crippen LogP contribution in [-0.2, 0) is 19.6 Å². The SMILES string of the molecule is O=C(O)c1cnn2c1CN(Cc1c(Cl)ccc3c1OCO3)CC2. The molecule has 120 valence electrons. The molecule has 2 aliphatic heterocycles. The second-order valence-electron chi connectivity index (χ2n) is 5.50. The molecule has 0 saturated heterocycles. The molecule has 2 aromatic rings. The molecule has 8 heteroatoms. The van der Waals surface area contributed by atoms with Gasteiger partial charge in [0.1, 0.15) is 5.56 Å². The number of carboxylic acid groups (broad SMARTS) is 1. The Morgan fingerprint density at radius 2 is 2.22 bits per heavy atom. The van der Waals surface area contributed by atoms with Crippen LogP contribution in [0.3, 0.4) is 0 Å². The van der Waals surface area contributed by atoms with E-state index in [0.717, 1.165) is 12.1 Å². The molecule has 1 N–H and O–H groups in total. The highest BCUT2D eigenvalue weighted by Crippen LogP contribution is 2.40. The monoisotopic (exact) mass is 335 g/mol. The fourth-order valence-electron chi connectivity index (χ4n) is 2.99. The van der Waals surface area contributed by atoms with Crippen molar-refractivity contribution < 1.29 is 19.4 Å². The maximum absolute atomic E-state index is 11.3. The maximum Gasteiger partial charge on any atom is 0.339 e. The third-order valence-corrected chi connectivity index (χ3v) is 4.50. The molecule has 2 aliphatic rings. The summed E-state index contributed by atoms with van der Waals surface area (Å²) in [7, 11) is 0. The van der Waals surface area contributed by atoms with E-state index in [-0.39, 0.29) is 12.4 Å². The summed E-state index contributed by atoms with van der Waals surface area (Å²) in [6.45, 7) is 2.66. The van der Waals surface area contributed by atoms with Crippen molar-refractivity contribution in [3.63, 3.8) is 0 Å². The van der Waals surface area contributed by atoms with Crippen molar-refractivity contribution in [1.29, 1.82) is 0 Å². The van der Waals surface area contributed by atoms with E-state index < -0.39 is 5.97 Å². The summed E-state index contributed by atoms with van der Waals surface area (Å²) >= 11 is 6.31. The molecular formula is C15H14ClN3O4. The van der Waals surface area contributed by atoms with Gasteiger partial charge < -0.3 is 14.6 Å². The molecule has 0 spiro atoms. The second-order valence-corrected chi connectivity index (χ2v) is 5.91. The lowest BCUT2D eigenvalue weighted by atomic mass is 10.1. The molecule has 0 atom stereocenters. The first-order chi connectivity index (χ1) is 11.1.